The van der Waals surface area contributed by atoms with Crippen LogP contribution in [0, 0.1) is 0 Å². The van der Waals surface area contributed by atoms with Crippen LogP contribution < -0.4 is 5.32 Å². The van der Waals surface area contributed by atoms with Crippen LogP contribution in [0.15, 0.2) is 0 Å². The molecule has 30 heavy (non-hydrogen) atoms. The molecule has 0 saturated carbocycles. The molecular formula is C17H35B2N4O6P. The second kappa shape index (κ2) is 10.9. The highest BCUT2D eigenvalue weighted by molar-refractivity contribution is 7.54. The molecule has 0 bridgehead atoms. The van der Waals surface area contributed by atoms with E-state index in [1.165, 1.54) is 0 Å². The van der Waals surface area contributed by atoms with Crippen molar-refractivity contribution in [3.63, 3.8) is 0 Å². The molecule has 10 nitrogen and oxygen atoms in total. The van der Waals surface area contributed by atoms with Crippen molar-refractivity contribution in [3.05, 3.63) is 0 Å². The van der Waals surface area contributed by atoms with Gasteiger partial charge in [-0.05, 0) is 0 Å². The lowest BCUT2D eigenvalue weighted by molar-refractivity contribution is -0.130. The number of carbonyl (C=O) groups is 1. The summed E-state index contributed by atoms with van der Waals surface area (Å²) < 4.78 is 41.6. The monoisotopic (exact) mass is 444 g/mol. The Morgan fingerprint density at radius 1 is 1.03 bits per heavy atom. The lowest BCUT2D eigenvalue weighted by Crippen LogP contribution is -2.54. The molecule has 3 heterocycles. The Balaban J connectivity index is 1.73. The highest BCUT2D eigenvalue weighted by atomic mass is 31.2. The molecule has 1 amide bonds. The molecule has 13 heteroatoms. The molecular weight excluding hydrogens is 409 g/mol. The van der Waals surface area contributed by atoms with E-state index in [-0.39, 0.29) is 36.7 Å². The lowest BCUT2D eigenvalue weighted by atomic mass is 9.98. The molecule has 0 aromatic carbocycles. The van der Waals surface area contributed by atoms with Gasteiger partial charge in [-0.15, -0.1) is 0 Å². The van der Waals surface area contributed by atoms with Crippen LogP contribution in [0.25, 0.3) is 0 Å². The summed E-state index contributed by atoms with van der Waals surface area (Å²) >= 11 is 0. The second-order valence-corrected chi connectivity index (χ2v) is 10.7. The van der Waals surface area contributed by atoms with E-state index in [4.69, 9.17) is 18.7 Å². The fourth-order valence-electron chi connectivity index (χ4n) is 4.26. The minimum Gasteiger partial charge on any atom is -0.382 e. The molecule has 170 valence electrons. The number of rotatable bonds is 7. The van der Waals surface area contributed by atoms with Crippen molar-refractivity contribution in [2.45, 2.75) is 31.1 Å². The summed E-state index contributed by atoms with van der Waals surface area (Å²) in [5.41, 5.74) is 0. The van der Waals surface area contributed by atoms with E-state index in [1.54, 1.807) is 18.9 Å². The molecule has 1 N–H and O–H groups in total. The molecule has 3 rings (SSSR count). The molecule has 5 unspecified atom stereocenters. The van der Waals surface area contributed by atoms with Crippen LogP contribution in [-0.2, 0) is 28.1 Å². The van der Waals surface area contributed by atoms with Gasteiger partial charge < -0.3 is 29.0 Å². The SMILES string of the molecule is BC1CNCC(COP(=O)(N2CCN(C(C)=O)CC2)N2CC(B)OC(COC)C2)O1. The summed E-state index contributed by atoms with van der Waals surface area (Å²) in [4.78, 5) is 13.5. The van der Waals surface area contributed by atoms with E-state index in [0.717, 1.165) is 6.54 Å². The molecule has 3 fully saturated rings. The van der Waals surface area contributed by atoms with Crippen LogP contribution in [0.3, 0.4) is 0 Å². The maximum atomic E-state index is 14.4. The van der Waals surface area contributed by atoms with Gasteiger partial charge in [0, 0.05) is 78.4 Å². The molecule has 3 aliphatic heterocycles. The summed E-state index contributed by atoms with van der Waals surface area (Å²) in [6.07, 6.45) is -0.310. The largest absolute Gasteiger partial charge is 0.382 e. The first kappa shape index (κ1) is 24.2. The average Bonchev–Trinajstić information content (AvgIpc) is 2.72. The zero-order chi connectivity index (χ0) is 21.7. The second-order valence-electron chi connectivity index (χ2n) is 8.37. The summed E-state index contributed by atoms with van der Waals surface area (Å²) in [5, 5.41) is 3.33. The molecule has 3 saturated heterocycles. The van der Waals surface area contributed by atoms with Gasteiger partial charge in [-0.25, -0.2) is 9.34 Å². The lowest BCUT2D eigenvalue weighted by Gasteiger charge is -2.46. The molecule has 0 spiro atoms. The van der Waals surface area contributed by atoms with Crippen molar-refractivity contribution < 1.29 is 28.1 Å². The Labute approximate surface area is 181 Å². The Bertz CT molecular complexity index is 627. The van der Waals surface area contributed by atoms with E-state index in [0.29, 0.717) is 52.4 Å². The highest BCUT2D eigenvalue weighted by Crippen LogP contribution is 2.55. The van der Waals surface area contributed by atoms with Crippen molar-refractivity contribution in [1.82, 2.24) is 19.6 Å². The third-order valence-electron chi connectivity index (χ3n) is 5.73. The predicted octanol–water partition coefficient (Wildman–Crippen LogP) is -2.47. The van der Waals surface area contributed by atoms with Crippen LogP contribution in [0.4, 0.5) is 0 Å². The molecule has 5 atom stereocenters. The van der Waals surface area contributed by atoms with Gasteiger partial charge >= 0.3 is 7.67 Å². The number of nitrogens with zero attached hydrogens (tertiary/aromatic N) is 3. The maximum Gasteiger partial charge on any atom is 0.346 e. The van der Waals surface area contributed by atoms with E-state index >= 15 is 0 Å². The third kappa shape index (κ3) is 6.07. The van der Waals surface area contributed by atoms with E-state index < -0.39 is 7.67 Å². The van der Waals surface area contributed by atoms with E-state index in [9.17, 15) is 9.36 Å². The first-order chi connectivity index (χ1) is 14.3. The molecule has 0 aromatic rings. The van der Waals surface area contributed by atoms with Gasteiger partial charge in [-0.3, -0.25) is 9.36 Å². The fraction of sp³-hybridized carbons (Fsp3) is 0.941. The predicted molar refractivity (Wildman–Crippen MR) is 118 cm³/mol. The zero-order valence-corrected chi connectivity index (χ0v) is 19.5. The van der Waals surface area contributed by atoms with Crippen molar-refractivity contribution in [2.24, 2.45) is 0 Å². The van der Waals surface area contributed by atoms with Crippen molar-refractivity contribution in [3.8, 4) is 0 Å². The Kier molecular flexibility index (Phi) is 8.81. The number of carbonyl (C=O) groups excluding carboxylic acids is 1. The number of hydrogen-bond acceptors (Lipinski definition) is 7. The van der Waals surface area contributed by atoms with Crippen molar-refractivity contribution in [2.75, 3.05) is 72.7 Å². The highest BCUT2D eigenvalue weighted by Gasteiger charge is 2.44. The molecule has 0 aromatic heterocycles. The number of piperazine rings is 1. The smallest absolute Gasteiger partial charge is 0.346 e. The average molecular weight is 444 g/mol. The maximum absolute atomic E-state index is 14.4. The van der Waals surface area contributed by atoms with Gasteiger partial charge in [-0.2, -0.15) is 0 Å². The summed E-state index contributed by atoms with van der Waals surface area (Å²) in [6, 6.07) is 0.0160. The molecule has 0 aliphatic carbocycles. The quantitative estimate of drug-likeness (QED) is 0.339. The zero-order valence-electron chi connectivity index (χ0n) is 18.6. The molecule has 3 aliphatic rings. The first-order valence-corrected chi connectivity index (χ1v) is 12.4. The summed E-state index contributed by atoms with van der Waals surface area (Å²) in [7, 11) is 2.30. The Morgan fingerprint density at radius 3 is 2.37 bits per heavy atom. The third-order valence-corrected chi connectivity index (χ3v) is 8.37. The first-order valence-electron chi connectivity index (χ1n) is 10.8. The van der Waals surface area contributed by atoms with E-state index in [2.05, 4.69) is 5.32 Å². The van der Waals surface area contributed by atoms with Crippen LogP contribution in [-0.4, -0.2) is 133 Å². The standard InChI is InChI=1S/C17H35B2N4O6P/c1-13(24)21-3-5-22(6-4-21)30(25,27-12-14-7-20-8-16(18)28-14)23-9-15(11-26-2)29-17(19)10-23/h14-17,20H,3-12,18-19H2,1-2H3. The van der Waals surface area contributed by atoms with Crippen LogP contribution in [0.2, 0.25) is 0 Å². The van der Waals surface area contributed by atoms with Crippen molar-refractivity contribution >= 4 is 29.3 Å². The number of ether oxygens (including phenoxy) is 3. The minimum atomic E-state index is -3.33. The van der Waals surface area contributed by atoms with Gasteiger partial charge in [0.2, 0.25) is 5.91 Å². The van der Waals surface area contributed by atoms with Gasteiger partial charge in [0.15, 0.2) is 0 Å². The van der Waals surface area contributed by atoms with Crippen molar-refractivity contribution in [1.29, 1.82) is 0 Å². The number of morpholine rings is 2. The minimum absolute atomic E-state index is 0.0428. The van der Waals surface area contributed by atoms with Gasteiger partial charge in [-0.1, -0.05) is 0 Å². The van der Waals surface area contributed by atoms with Crippen LogP contribution in [0.1, 0.15) is 6.92 Å². The number of methoxy groups -OCH3 is 1. The summed E-state index contributed by atoms with van der Waals surface area (Å²) in [5.74, 6) is 0.0428. The van der Waals surface area contributed by atoms with E-state index in [1.807, 2.05) is 25.0 Å². The fourth-order valence-corrected chi connectivity index (χ4v) is 6.82. The van der Waals surface area contributed by atoms with Gasteiger partial charge in [0.1, 0.15) is 15.7 Å². The Morgan fingerprint density at radius 2 is 1.73 bits per heavy atom. The number of amides is 1. The van der Waals surface area contributed by atoms with Gasteiger partial charge in [0.05, 0.1) is 25.4 Å². The van der Waals surface area contributed by atoms with Crippen LogP contribution >= 0.6 is 7.67 Å². The Hall–Kier alpha value is -0.450. The topological polar surface area (TPSA) is 92.8 Å². The number of nitrogens with one attached hydrogen (secondary N) is 1. The van der Waals surface area contributed by atoms with Crippen LogP contribution in [0.5, 0.6) is 0 Å². The number of hydrogen-bond donors (Lipinski definition) is 1. The normalized spacial score (nSPS) is 33.9. The summed E-state index contributed by atoms with van der Waals surface area (Å²) in [6.45, 7) is 6.84. The molecule has 0 radical (unpaired) electrons. The van der Waals surface area contributed by atoms with Gasteiger partial charge in [0.25, 0.3) is 0 Å².